The lowest BCUT2D eigenvalue weighted by Crippen LogP contribution is -2.18. The number of nitrogens with one attached hydrogen (secondary N) is 1. The summed E-state index contributed by atoms with van der Waals surface area (Å²) in [6, 6.07) is 5.55. The van der Waals surface area contributed by atoms with Gasteiger partial charge in [0.1, 0.15) is 0 Å². The van der Waals surface area contributed by atoms with Crippen molar-refractivity contribution >= 4 is 23.4 Å². The van der Waals surface area contributed by atoms with Gasteiger partial charge in [-0.3, -0.25) is 4.79 Å². The Hall–Kier alpha value is -1.86. The van der Waals surface area contributed by atoms with Crippen LogP contribution in [0.3, 0.4) is 0 Å². The Labute approximate surface area is 146 Å². The molecule has 1 heterocycles. The van der Waals surface area contributed by atoms with Gasteiger partial charge in [-0.25, -0.2) is 0 Å². The molecule has 1 amide bonds. The van der Waals surface area contributed by atoms with E-state index in [1.807, 2.05) is 39.0 Å². The van der Waals surface area contributed by atoms with Crippen molar-refractivity contribution < 1.29 is 9.21 Å². The van der Waals surface area contributed by atoms with Crippen molar-refractivity contribution in [2.24, 2.45) is 11.7 Å². The van der Waals surface area contributed by atoms with E-state index in [2.05, 4.69) is 22.4 Å². The number of thioether (sulfide) groups is 1. The van der Waals surface area contributed by atoms with E-state index in [-0.39, 0.29) is 23.6 Å². The standard InChI is InChI=1S/C17H24N4O2S/c1-5-10(2)15(18)16-20-21-17(23-16)24-9-14(22)19-13-8-6-7-11(3)12(13)4/h6-8,10,15H,5,9,18H2,1-4H3,(H,19,22)/t10-,15-/m0/s1. The molecule has 1 aromatic carbocycles. The molecular weight excluding hydrogens is 324 g/mol. The molecule has 0 bridgehead atoms. The van der Waals surface area contributed by atoms with E-state index in [9.17, 15) is 4.79 Å². The number of nitrogens with two attached hydrogens (primary N) is 1. The van der Waals surface area contributed by atoms with Crippen LogP contribution >= 0.6 is 11.8 Å². The van der Waals surface area contributed by atoms with E-state index in [0.717, 1.165) is 23.2 Å². The van der Waals surface area contributed by atoms with E-state index >= 15 is 0 Å². The van der Waals surface area contributed by atoms with Gasteiger partial charge in [0.2, 0.25) is 11.8 Å². The number of hydrogen-bond donors (Lipinski definition) is 2. The summed E-state index contributed by atoms with van der Waals surface area (Å²) < 4.78 is 5.55. The van der Waals surface area contributed by atoms with E-state index in [1.54, 1.807) is 0 Å². The first-order valence-corrected chi connectivity index (χ1v) is 8.98. The SMILES string of the molecule is CC[C@H](C)[C@H](N)c1nnc(SCC(=O)Nc2cccc(C)c2C)o1. The minimum absolute atomic E-state index is 0.111. The highest BCUT2D eigenvalue weighted by molar-refractivity contribution is 7.99. The van der Waals surface area contributed by atoms with Crippen LogP contribution in [0.2, 0.25) is 0 Å². The second-order valence-electron chi connectivity index (χ2n) is 5.90. The van der Waals surface area contributed by atoms with E-state index in [1.165, 1.54) is 11.8 Å². The van der Waals surface area contributed by atoms with Crippen molar-refractivity contribution in [3.63, 3.8) is 0 Å². The summed E-state index contributed by atoms with van der Waals surface area (Å²) in [6.07, 6.45) is 0.935. The van der Waals surface area contributed by atoms with Crippen LogP contribution in [0, 0.1) is 19.8 Å². The highest BCUT2D eigenvalue weighted by Gasteiger charge is 2.20. The fourth-order valence-electron chi connectivity index (χ4n) is 2.11. The molecule has 0 aliphatic heterocycles. The maximum atomic E-state index is 12.1. The predicted octanol–water partition coefficient (Wildman–Crippen LogP) is 3.46. The Morgan fingerprint density at radius 3 is 2.83 bits per heavy atom. The second kappa shape index (κ2) is 8.30. The molecule has 0 spiro atoms. The summed E-state index contributed by atoms with van der Waals surface area (Å²) in [5.74, 6) is 0.769. The summed E-state index contributed by atoms with van der Waals surface area (Å²) in [6.45, 7) is 8.10. The van der Waals surface area contributed by atoms with Gasteiger partial charge in [0.25, 0.3) is 5.22 Å². The summed E-state index contributed by atoms with van der Waals surface area (Å²) in [7, 11) is 0. The zero-order chi connectivity index (χ0) is 17.7. The molecule has 2 rings (SSSR count). The lowest BCUT2D eigenvalue weighted by atomic mass is 10.0. The van der Waals surface area contributed by atoms with Crippen LogP contribution in [0.5, 0.6) is 0 Å². The topological polar surface area (TPSA) is 94.0 Å². The van der Waals surface area contributed by atoms with Crippen LogP contribution in [0.25, 0.3) is 0 Å². The molecular formula is C17H24N4O2S. The number of nitrogens with zero attached hydrogens (tertiary/aromatic N) is 2. The monoisotopic (exact) mass is 348 g/mol. The van der Waals surface area contributed by atoms with Crippen molar-refractivity contribution in [1.29, 1.82) is 0 Å². The molecule has 24 heavy (non-hydrogen) atoms. The first-order chi connectivity index (χ1) is 11.4. The van der Waals surface area contributed by atoms with Gasteiger partial charge in [0, 0.05) is 5.69 Å². The first-order valence-electron chi connectivity index (χ1n) is 8.00. The molecule has 0 radical (unpaired) electrons. The lowest BCUT2D eigenvalue weighted by molar-refractivity contribution is -0.113. The molecule has 2 atom stereocenters. The number of benzene rings is 1. The number of anilines is 1. The van der Waals surface area contributed by atoms with Crippen molar-refractivity contribution in [3.8, 4) is 0 Å². The third-order valence-electron chi connectivity index (χ3n) is 4.17. The normalized spacial score (nSPS) is 13.5. The van der Waals surface area contributed by atoms with Crippen LogP contribution in [-0.4, -0.2) is 21.9 Å². The number of rotatable bonds is 7. The first kappa shape index (κ1) is 18.5. The van der Waals surface area contributed by atoms with Crippen LogP contribution in [0.4, 0.5) is 5.69 Å². The van der Waals surface area contributed by atoms with Gasteiger partial charge in [0.15, 0.2) is 0 Å². The van der Waals surface area contributed by atoms with Crippen LogP contribution < -0.4 is 11.1 Å². The minimum atomic E-state index is -0.277. The maximum Gasteiger partial charge on any atom is 0.277 e. The van der Waals surface area contributed by atoms with Crippen LogP contribution in [0.1, 0.15) is 43.3 Å². The number of hydrogen-bond acceptors (Lipinski definition) is 6. The van der Waals surface area contributed by atoms with Gasteiger partial charge < -0.3 is 15.5 Å². The van der Waals surface area contributed by atoms with Crippen molar-refractivity contribution in [2.45, 2.75) is 45.4 Å². The van der Waals surface area contributed by atoms with E-state index in [4.69, 9.17) is 10.2 Å². The molecule has 0 aliphatic carbocycles. The van der Waals surface area contributed by atoms with Gasteiger partial charge in [-0.05, 0) is 37.0 Å². The molecule has 7 heteroatoms. The number of aromatic nitrogens is 2. The lowest BCUT2D eigenvalue weighted by Gasteiger charge is -2.13. The Morgan fingerprint density at radius 1 is 1.38 bits per heavy atom. The molecule has 1 aromatic heterocycles. The molecule has 3 N–H and O–H groups in total. The largest absolute Gasteiger partial charge is 0.414 e. The van der Waals surface area contributed by atoms with Crippen molar-refractivity contribution in [3.05, 3.63) is 35.2 Å². The Bertz CT molecular complexity index is 702. The van der Waals surface area contributed by atoms with Crippen LogP contribution in [0.15, 0.2) is 27.8 Å². The van der Waals surface area contributed by atoms with Crippen molar-refractivity contribution in [1.82, 2.24) is 10.2 Å². The molecule has 6 nitrogen and oxygen atoms in total. The third kappa shape index (κ3) is 4.58. The zero-order valence-corrected chi connectivity index (χ0v) is 15.3. The molecule has 0 unspecified atom stereocenters. The fraction of sp³-hybridized carbons (Fsp3) is 0.471. The third-order valence-corrected chi connectivity index (χ3v) is 4.99. The minimum Gasteiger partial charge on any atom is -0.414 e. The van der Waals surface area contributed by atoms with Crippen molar-refractivity contribution in [2.75, 3.05) is 11.1 Å². The second-order valence-corrected chi connectivity index (χ2v) is 6.83. The maximum absolute atomic E-state index is 12.1. The molecule has 0 saturated carbocycles. The number of carbonyl (C=O) groups is 1. The fourth-order valence-corrected chi connectivity index (χ4v) is 2.68. The van der Waals surface area contributed by atoms with Gasteiger partial charge >= 0.3 is 0 Å². The van der Waals surface area contributed by atoms with E-state index < -0.39 is 0 Å². The Balaban J connectivity index is 1.90. The summed E-state index contributed by atoms with van der Waals surface area (Å²) in [4.78, 5) is 12.1. The quantitative estimate of drug-likeness (QED) is 0.744. The van der Waals surface area contributed by atoms with Gasteiger partial charge in [0.05, 0.1) is 11.8 Å². The van der Waals surface area contributed by atoms with Gasteiger partial charge in [-0.1, -0.05) is 44.2 Å². The van der Waals surface area contributed by atoms with Gasteiger partial charge in [-0.2, -0.15) is 0 Å². The van der Waals surface area contributed by atoms with Crippen LogP contribution in [-0.2, 0) is 4.79 Å². The molecule has 130 valence electrons. The smallest absolute Gasteiger partial charge is 0.277 e. The Kier molecular flexibility index (Phi) is 6.39. The summed E-state index contributed by atoms with van der Waals surface area (Å²) in [5.41, 5.74) is 9.10. The number of amides is 1. The molecule has 0 saturated heterocycles. The highest BCUT2D eigenvalue weighted by Crippen LogP contribution is 2.24. The zero-order valence-electron chi connectivity index (χ0n) is 14.5. The average Bonchev–Trinajstić information content (AvgIpc) is 3.04. The summed E-state index contributed by atoms with van der Waals surface area (Å²) >= 11 is 1.21. The van der Waals surface area contributed by atoms with Gasteiger partial charge in [-0.15, -0.1) is 10.2 Å². The predicted molar refractivity (Wildman–Crippen MR) is 96.0 cm³/mol. The molecule has 2 aromatic rings. The summed E-state index contributed by atoms with van der Waals surface area (Å²) in [5, 5.41) is 11.2. The number of aryl methyl sites for hydroxylation is 1. The Morgan fingerprint density at radius 2 is 2.12 bits per heavy atom. The average molecular weight is 348 g/mol. The highest BCUT2D eigenvalue weighted by atomic mass is 32.2. The molecule has 0 fully saturated rings. The number of carbonyl (C=O) groups excluding carboxylic acids is 1. The molecule has 0 aliphatic rings. The van der Waals surface area contributed by atoms with E-state index in [0.29, 0.717) is 11.1 Å².